The van der Waals surface area contributed by atoms with Gasteiger partial charge >= 0.3 is 6.18 Å². The highest BCUT2D eigenvalue weighted by Crippen LogP contribution is 2.39. The first-order valence-electron chi connectivity index (χ1n) is 6.33. The first-order valence-corrected chi connectivity index (χ1v) is 7.14. The van der Waals surface area contributed by atoms with Crippen LogP contribution in [0, 0.1) is 0 Å². The van der Waals surface area contributed by atoms with Crippen LogP contribution in [0.1, 0.15) is 25.0 Å². The second-order valence-corrected chi connectivity index (χ2v) is 5.79. The summed E-state index contributed by atoms with van der Waals surface area (Å²) >= 11 is 0.911. The number of halogens is 3. The number of nitrogens with one attached hydrogen (secondary N) is 2. The van der Waals surface area contributed by atoms with Gasteiger partial charge in [-0.15, -0.1) is 0 Å². The van der Waals surface area contributed by atoms with Crippen molar-refractivity contribution in [3.63, 3.8) is 0 Å². The van der Waals surface area contributed by atoms with Crippen LogP contribution in [-0.2, 0) is 12.7 Å². The first-order chi connectivity index (χ1) is 9.86. The van der Waals surface area contributed by atoms with Crippen LogP contribution in [0.3, 0.4) is 0 Å². The van der Waals surface area contributed by atoms with E-state index in [4.69, 9.17) is 0 Å². The van der Waals surface area contributed by atoms with Crippen LogP contribution in [0.4, 0.5) is 13.2 Å². The molecule has 1 aromatic heterocycles. The summed E-state index contributed by atoms with van der Waals surface area (Å²) in [5.41, 5.74) is -0.0649. The number of hydrogen-bond acceptors (Lipinski definition) is 4. The number of aromatic nitrogens is 3. The van der Waals surface area contributed by atoms with Gasteiger partial charge in [-0.1, -0.05) is 19.9 Å². The Kier molecular flexibility index (Phi) is 4.89. The highest BCUT2D eigenvalue weighted by molar-refractivity contribution is 7.99. The van der Waals surface area contributed by atoms with Crippen LogP contribution in [0.5, 0.6) is 0 Å². The molecule has 0 radical (unpaired) electrons. The van der Waals surface area contributed by atoms with Crippen LogP contribution in [-0.4, -0.2) is 21.2 Å². The van der Waals surface area contributed by atoms with E-state index in [1.807, 2.05) is 13.8 Å². The maximum atomic E-state index is 13.2. The summed E-state index contributed by atoms with van der Waals surface area (Å²) in [6.45, 7) is 4.28. The third kappa shape index (κ3) is 4.47. The first kappa shape index (κ1) is 15.8. The lowest BCUT2D eigenvalue weighted by Gasteiger charge is -2.14. The molecule has 0 aliphatic carbocycles. The zero-order valence-corrected chi connectivity index (χ0v) is 12.3. The van der Waals surface area contributed by atoms with Crippen LogP contribution in [0.15, 0.2) is 34.6 Å². The molecule has 0 aliphatic rings. The molecule has 2 aromatic rings. The molecule has 0 spiro atoms. The summed E-state index contributed by atoms with van der Waals surface area (Å²) in [5, 5.41) is 9.60. The van der Waals surface area contributed by atoms with E-state index in [-0.39, 0.29) is 10.9 Å². The van der Waals surface area contributed by atoms with E-state index in [0.717, 1.165) is 11.8 Å². The van der Waals surface area contributed by atoms with Crippen molar-refractivity contribution in [3.05, 3.63) is 35.7 Å². The highest BCUT2D eigenvalue weighted by Gasteiger charge is 2.34. The van der Waals surface area contributed by atoms with Crippen molar-refractivity contribution in [3.8, 4) is 0 Å². The van der Waals surface area contributed by atoms with Crippen LogP contribution < -0.4 is 5.32 Å². The fraction of sp³-hybridized carbons (Fsp3) is 0.385. The summed E-state index contributed by atoms with van der Waals surface area (Å²) in [4.78, 5) is 3.94. The SMILES string of the molecule is CC(C)NCc1ccc(Sc2ncn[nH]2)c(C(F)(F)F)c1. The largest absolute Gasteiger partial charge is 0.417 e. The van der Waals surface area contributed by atoms with Gasteiger partial charge in [0.15, 0.2) is 5.16 Å². The monoisotopic (exact) mass is 316 g/mol. The van der Waals surface area contributed by atoms with Crippen molar-refractivity contribution in [2.24, 2.45) is 0 Å². The average molecular weight is 316 g/mol. The standard InChI is InChI=1S/C13H15F3N4S/c1-8(2)17-6-9-3-4-11(10(5-9)13(14,15)16)21-12-18-7-19-20-12/h3-5,7-8,17H,6H2,1-2H3,(H,18,19,20). The van der Waals surface area contributed by atoms with Gasteiger partial charge in [-0.2, -0.15) is 18.3 Å². The zero-order chi connectivity index (χ0) is 15.5. The minimum Gasteiger partial charge on any atom is -0.310 e. The molecule has 2 N–H and O–H groups in total. The van der Waals surface area contributed by atoms with Gasteiger partial charge in [-0.25, -0.2) is 4.98 Å². The van der Waals surface area contributed by atoms with Gasteiger partial charge in [0.2, 0.25) is 0 Å². The molecule has 114 valence electrons. The lowest BCUT2D eigenvalue weighted by molar-refractivity contribution is -0.139. The second kappa shape index (κ2) is 6.48. The Bertz CT molecular complexity index is 582. The minimum atomic E-state index is -4.41. The maximum absolute atomic E-state index is 13.2. The molecular weight excluding hydrogens is 301 g/mol. The summed E-state index contributed by atoms with van der Waals surface area (Å²) < 4.78 is 39.5. The number of benzene rings is 1. The van der Waals surface area contributed by atoms with Crippen LogP contribution >= 0.6 is 11.8 Å². The van der Waals surface area contributed by atoms with Crippen molar-refractivity contribution in [1.29, 1.82) is 0 Å². The molecule has 0 saturated heterocycles. The Morgan fingerprint density at radius 1 is 1.33 bits per heavy atom. The Hall–Kier alpha value is -1.54. The Labute approximate surface area is 124 Å². The molecule has 0 bridgehead atoms. The minimum absolute atomic E-state index is 0.104. The number of nitrogens with zero attached hydrogens (tertiary/aromatic N) is 2. The normalized spacial score (nSPS) is 12.1. The van der Waals surface area contributed by atoms with Crippen LogP contribution in [0.25, 0.3) is 0 Å². The molecule has 0 amide bonds. The Balaban J connectivity index is 2.27. The van der Waals surface area contributed by atoms with Gasteiger partial charge in [0.05, 0.1) is 5.56 Å². The molecule has 0 unspecified atom stereocenters. The number of rotatable bonds is 5. The van der Waals surface area contributed by atoms with Gasteiger partial charge in [0.25, 0.3) is 0 Å². The van der Waals surface area contributed by atoms with E-state index in [1.54, 1.807) is 6.07 Å². The van der Waals surface area contributed by atoms with E-state index < -0.39 is 11.7 Å². The zero-order valence-electron chi connectivity index (χ0n) is 11.5. The summed E-state index contributed by atoms with van der Waals surface area (Å²) in [6, 6.07) is 4.53. The van der Waals surface area contributed by atoms with E-state index in [0.29, 0.717) is 17.3 Å². The highest BCUT2D eigenvalue weighted by atomic mass is 32.2. The molecule has 0 aliphatic heterocycles. The fourth-order valence-electron chi connectivity index (χ4n) is 1.67. The summed E-state index contributed by atoms with van der Waals surface area (Å²) in [6.07, 6.45) is -3.15. The van der Waals surface area contributed by atoms with Crippen molar-refractivity contribution < 1.29 is 13.2 Å². The third-order valence-electron chi connectivity index (χ3n) is 2.66. The smallest absolute Gasteiger partial charge is 0.310 e. The topological polar surface area (TPSA) is 53.6 Å². The molecule has 0 fully saturated rings. The van der Waals surface area contributed by atoms with Gasteiger partial charge in [-0.05, 0) is 29.5 Å². The molecule has 0 atom stereocenters. The molecule has 0 saturated carbocycles. The number of alkyl halides is 3. The summed E-state index contributed by atoms with van der Waals surface area (Å²) in [7, 11) is 0. The maximum Gasteiger partial charge on any atom is 0.417 e. The lowest BCUT2D eigenvalue weighted by atomic mass is 10.1. The Morgan fingerprint density at radius 3 is 2.67 bits per heavy atom. The van der Waals surface area contributed by atoms with Gasteiger partial charge < -0.3 is 5.32 Å². The Morgan fingerprint density at radius 2 is 2.10 bits per heavy atom. The van der Waals surface area contributed by atoms with Crippen molar-refractivity contribution in [1.82, 2.24) is 20.5 Å². The molecule has 1 aromatic carbocycles. The summed E-state index contributed by atoms with van der Waals surface area (Å²) in [5.74, 6) is 0. The second-order valence-electron chi connectivity index (χ2n) is 4.76. The molecule has 8 heteroatoms. The van der Waals surface area contributed by atoms with E-state index >= 15 is 0 Å². The molecular formula is C13H15F3N4S. The number of aromatic amines is 1. The molecule has 21 heavy (non-hydrogen) atoms. The van der Waals surface area contributed by atoms with E-state index in [9.17, 15) is 13.2 Å². The number of hydrogen-bond donors (Lipinski definition) is 2. The third-order valence-corrected chi connectivity index (χ3v) is 3.63. The number of H-pyrrole nitrogens is 1. The lowest BCUT2D eigenvalue weighted by Crippen LogP contribution is -2.22. The molecule has 1 heterocycles. The van der Waals surface area contributed by atoms with Crippen molar-refractivity contribution in [2.75, 3.05) is 0 Å². The van der Waals surface area contributed by atoms with Crippen molar-refractivity contribution >= 4 is 11.8 Å². The van der Waals surface area contributed by atoms with E-state index in [2.05, 4.69) is 20.5 Å². The van der Waals surface area contributed by atoms with Crippen molar-refractivity contribution in [2.45, 2.75) is 42.7 Å². The van der Waals surface area contributed by atoms with Gasteiger partial charge in [0.1, 0.15) is 6.33 Å². The molecule has 4 nitrogen and oxygen atoms in total. The quantitative estimate of drug-likeness (QED) is 0.887. The van der Waals surface area contributed by atoms with Crippen LogP contribution in [0.2, 0.25) is 0 Å². The average Bonchev–Trinajstić information content (AvgIpc) is 2.89. The van der Waals surface area contributed by atoms with E-state index in [1.165, 1.54) is 18.5 Å². The predicted octanol–water partition coefficient (Wildman–Crippen LogP) is 3.47. The fourth-order valence-corrected chi connectivity index (χ4v) is 2.49. The predicted molar refractivity (Wildman–Crippen MR) is 73.9 cm³/mol. The van der Waals surface area contributed by atoms with Gasteiger partial charge in [-0.3, -0.25) is 5.10 Å². The molecule has 2 rings (SSSR count). The van der Waals surface area contributed by atoms with Gasteiger partial charge in [0, 0.05) is 17.5 Å².